The smallest absolute Gasteiger partial charge is 0.121 e. The van der Waals surface area contributed by atoms with Crippen molar-refractivity contribution in [1.29, 1.82) is 0 Å². The Morgan fingerprint density at radius 3 is 2.75 bits per heavy atom. The van der Waals surface area contributed by atoms with Crippen LogP contribution in [0.2, 0.25) is 0 Å². The van der Waals surface area contributed by atoms with E-state index in [4.69, 9.17) is 16.0 Å². The molecule has 0 radical (unpaired) electrons. The number of aryl methyl sites for hydroxylation is 1. The third-order valence-electron chi connectivity index (χ3n) is 1.85. The predicted octanol–water partition coefficient (Wildman–Crippen LogP) is 2.48. The van der Waals surface area contributed by atoms with Crippen molar-refractivity contribution in [3.8, 4) is 0 Å². The fourth-order valence-corrected chi connectivity index (χ4v) is 1.40. The maximum atomic E-state index is 5.65. The fourth-order valence-electron chi connectivity index (χ4n) is 1.18. The molecule has 1 aromatic rings. The first-order valence-electron chi connectivity index (χ1n) is 4.07. The molecule has 0 spiro atoms. The molecule has 1 aromatic heterocycles. The molecule has 12 heavy (non-hydrogen) atoms. The van der Waals surface area contributed by atoms with Gasteiger partial charge in [-0.25, -0.2) is 0 Å². The van der Waals surface area contributed by atoms with Crippen LogP contribution in [0.15, 0.2) is 16.5 Å². The molecule has 3 heteroatoms. The lowest BCUT2D eigenvalue weighted by atomic mass is 10.2. The van der Waals surface area contributed by atoms with Gasteiger partial charge >= 0.3 is 0 Å². The van der Waals surface area contributed by atoms with E-state index in [-0.39, 0.29) is 6.04 Å². The number of nitrogens with one attached hydrogen (secondary N) is 1. The first-order valence-corrected chi connectivity index (χ1v) is 4.61. The van der Waals surface area contributed by atoms with Crippen LogP contribution in [0.4, 0.5) is 0 Å². The number of furan rings is 1. The van der Waals surface area contributed by atoms with E-state index >= 15 is 0 Å². The third kappa shape index (κ3) is 2.26. The summed E-state index contributed by atoms with van der Waals surface area (Å²) < 4.78 is 5.47. The van der Waals surface area contributed by atoms with Crippen LogP contribution >= 0.6 is 11.6 Å². The van der Waals surface area contributed by atoms with Gasteiger partial charge in [0.05, 0.1) is 6.04 Å². The van der Waals surface area contributed by atoms with Crippen LogP contribution < -0.4 is 5.32 Å². The summed E-state index contributed by atoms with van der Waals surface area (Å²) in [6.07, 6.45) is 0.894. The van der Waals surface area contributed by atoms with Gasteiger partial charge in [0, 0.05) is 5.88 Å². The highest BCUT2D eigenvalue weighted by atomic mass is 35.5. The molecule has 0 aliphatic rings. The molecule has 0 saturated carbocycles. The summed E-state index contributed by atoms with van der Waals surface area (Å²) in [5.74, 6) is 2.56. The SMILES string of the molecule is CNC(CCCl)c1ccc(C)o1. The standard InChI is InChI=1S/C9H14ClNO/c1-7-3-4-9(12-7)8(11-2)5-6-10/h3-4,8,11H,5-6H2,1-2H3. The number of hydrogen-bond donors (Lipinski definition) is 1. The largest absolute Gasteiger partial charge is 0.465 e. The zero-order valence-electron chi connectivity index (χ0n) is 7.43. The van der Waals surface area contributed by atoms with E-state index in [0.717, 1.165) is 17.9 Å². The highest BCUT2D eigenvalue weighted by molar-refractivity contribution is 6.17. The second kappa shape index (κ2) is 4.53. The van der Waals surface area contributed by atoms with Gasteiger partial charge in [0.25, 0.3) is 0 Å². The monoisotopic (exact) mass is 187 g/mol. The topological polar surface area (TPSA) is 25.2 Å². The maximum absolute atomic E-state index is 5.65. The average Bonchev–Trinajstić information content (AvgIpc) is 2.47. The van der Waals surface area contributed by atoms with Crippen LogP contribution in [0.25, 0.3) is 0 Å². The molecular weight excluding hydrogens is 174 g/mol. The lowest BCUT2D eigenvalue weighted by molar-refractivity contribution is 0.411. The van der Waals surface area contributed by atoms with E-state index in [2.05, 4.69) is 5.32 Å². The lowest BCUT2D eigenvalue weighted by Crippen LogP contribution is -2.15. The van der Waals surface area contributed by atoms with Gasteiger partial charge in [-0.1, -0.05) is 0 Å². The Balaban J connectivity index is 2.66. The Morgan fingerprint density at radius 2 is 2.33 bits per heavy atom. The van der Waals surface area contributed by atoms with Crippen LogP contribution in [0.3, 0.4) is 0 Å². The maximum Gasteiger partial charge on any atom is 0.121 e. The van der Waals surface area contributed by atoms with Crippen molar-refractivity contribution in [3.05, 3.63) is 23.7 Å². The Bertz CT molecular complexity index is 234. The van der Waals surface area contributed by atoms with Crippen LogP contribution in [0, 0.1) is 6.92 Å². The summed E-state index contributed by atoms with van der Waals surface area (Å²) in [4.78, 5) is 0. The van der Waals surface area contributed by atoms with Gasteiger partial charge in [0.15, 0.2) is 0 Å². The van der Waals surface area contributed by atoms with Crippen LogP contribution in [0.5, 0.6) is 0 Å². The zero-order chi connectivity index (χ0) is 8.97. The summed E-state index contributed by atoms with van der Waals surface area (Å²) in [7, 11) is 1.91. The molecule has 1 N–H and O–H groups in total. The highest BCUT2D eigenvalue weighted by Gasteiger charge is 2.11. The molecule has 1 heterocycles. The lowest BCUT2D eigenvalue weighted by Gasteiger charge is -2.10. The summed E-state index contributed by atoms with van der Waals surface area (Å²) in [5.41, 5.74) is 0. The van der Waals surface area contributed by atoms with E-state index in [1.54, 1.807) is 0 Å². The minimum atomic E-state index is 0.246. The zero-order valence-corrected chi connectivity index (χ0v) is 8.19. The van der Waals surface area contributed by atoms with E-state index < -0.39 is 0 Å². The summed E-state index contributed by atoms with van der Waals surface area (Å²) in [6, 6.07) is 4.20. The molecule has 0 aliphatic heterocycles. The van der Waals surface area contributed by atoms with Gasteiger partial charge in [0.2, 0.25) is 0 Å². The molecule has 0 amide bonds. The fraction of sp³-hybridized carbons (Fsp3) is 0.556. The van der Waals surface area contributed by atoms with E-state index in [9.17, 15) is 0 Å². The van der Waals surface area contributed by atoms with E-state index in [1.165, 1.54) is 0 Å². The molecule has 0 aromatic carbocycles. The first kappa shape index (κ1) is 9.62. The molecule has 1 atom stereocenters. The third-order valence-corrected chi connectivity index (χ3v) is 2.07. The second-order valence-corrected chi connectivity index (χ2v) is 3.15. The summed E-state index contributed by atoms with van der Waals surface area (Å²) in [6.45, 7) is 1.94. The van der Waals surface area contributed by atoms with E-state index in [1.807, 2.05) is 26.1 Å². The normalized spacial score (nSPS) is 13.2. The Hall–Kier alpha value is -0.470. The van der Waals surface area contributed by atoms with Crippen molar-refractivity contribution in [2.75, 3.05) is 12.9 Å². The molecule has 2 nitrogen and oxygen atoms in total. The van der Waals surface area contributed by atoms with Gasteiger partial charge in [-0.15, -0.1) is 11.6 Å². The quantitative estimate of drug-likeness (QED) is 0.733. The van der Waals surface area contributed by atoms with Crippen LogP contribution in [0.1, 0.15) is 24.0 Å². The van der Waals surface area contributed by atoms with Crippen LogP contribution in [-0.2, 0) is 0 Å². The van der Waals surface area contributed by atoms with Crippen molar-refractivity contribution in [2.45, 2.75) is 19.4 Å². The summed E-state index contributed by atoms with van der Waals surface area (Å²) >= 11 is 5.65. The van der Waals surface area contributed by atoms with Gasteiger partial charge in [-0.2, -0.15) is 0 Å². The van der Waals surface area contributed by atoms with Crippen molar-refractivity contribution in [2.24, 2.45) is 0 Å². The number of halogens is 1. The Kier molecular flexibility index (Phi) is 3.63. The van der Waals surface area contributed by atoms with Crippen molar-refractivity contribution < 1.29 is 4.42 Å². The minimum absolute atomic E-state index is 0.246. The van der Waals surface area contributed by atoms with E-state index in [0.29, 0.717) is 5.88 Å². The average molecular weight is 188 g/mol. The molecule has 1 unspecified atom stereocenters. The molecule has 0 bridgehead atoms. The molecule has 0 fully saturated rings. The first-order chi connectivity index (χ1) is 5.77. The molecular formula is C9H14ClNO. The van der Waals surface area contributed by atoms with Crippen LogP contribution in [-0.4, -0.2) is 12.9 Å². The molecule has 0 saturated heterocycles. The number of alkyl halides is 1. The Morgan fingerprint density at radius 1 is 1.58 bits per heavy atom. The van der Waals surface area contributed by atoms with Crippen molar-refractivity contribution in [3.63, 3.8) is 0 Å². The second-order valence-electron chi connectivity index (χ2n) is 2.77. The Labute approximate surface area is 77.9 Å². The molecule has 0 aliphatic carbocycles. The van der Waals surface area contributed by atoms with Gasteiger partial charge in [-0.3, -0.25) is 0 Å². The minimum Gasteiger partial charge on any atom is -0.465 e. The number of rotatable bonds is 4. The summed E-state index contributed by atoms with van der Waals surface area (Å²) in [5, 5.41) is 3.15. The number of hydrogen-bond acceptors (Lipinski definition) is 2. The van der Waals surface area contributed by atoms with Gasteiger partial charge in [0.1, 0.15) is 11.5 Å². The predicted molar refractivity (Wildman–Crippen MR) is 50.6 cm³/mol. The molecule has 68 valence electrons. The highest BCUT2D eigenvalue weighted by Crippen LogP contribution is 2.19. The van der Waals surface area contributed by atoms with Gasteiger partial charge in [-0.05, 0) is 32.5 Å². The van der Waals surface area contributed by atoms with Gasteiger partial charge < -0.3 is 9.73 Å². The molecule has 1 rings (SSSR count). The van der Waals surface area contributed by atoms with Crippen molar-refractivity contribution in [1.82, 2.24) is 5.32 Å². The van der Waals surface area contributed by atoms with Crippen molar-refractivity contribution >= 4 is 11.6 Å².